The Bertz CT molecular complexity index is 947. The molecule has 0 unspecified atom stereocenters. The quantitative estimate of drug-likeness (QED) is 0.738. The summed E-state index contributed by atoms with van der Waals surface area (Å²) < 4.78 is 11.5. The second kappa shape index (κ2) is 6.91. The van der Waals surface area contributed by atoms with E-state index in [2.05, 4.69) is 15.4 Å². The number of nitrogens with one attached hydrogen (secondary N) is 2. The zero-order chi connectivity index (χ0) is 17.8. The minimum atomic E-state index is -0.560. The molecule has 128 valence electrons. The van der Waals surface area contributed by atoms with E-state index in [0.717, 1.165) is 4.68 Å². The van der Waals surface area contributed by atoms with E-state index in [1.807, 2.05) is 6.07 Å². The normalized spacial score (nSPS) is 10.3. The third-order valence-electron chi connectivity index (χ3n) is 3.49. The number of rotatable bonds is 5. The van der Waals surface area contributed by atoms with E-state index in [1.165, 1.54) is 14.2 Å². The fourth-order valence-electron chi connectivity index (χ4n) is 2.25. The van der Waals surface area contributed by atoms with E-state index in [0.29, 0.717) is 22.9 Å². The Balaban J connectivity index is 1.87. The number of hydrogen-bond acceptors (Lipinski definition) is 5. The molecule has 2 N–H and O–H groups in total. The largest absolute Gasteiger partial charge is 0.497 e. The van der Waals surface area contributed by atoms with Crippen LogP contribution in [0.25, 0.3) is 5.69 Å². The highest BCUT2D eigenvalue weighted by Gasteiger charge is 2.16. The summed E-state index contributed by atoms with van der Waals surface area (Å²) in [6.07, 6.45) is 0. The van der Waals surface area contributed by atoms with Crippen LogP contribution < -0.4 is 20.5 Å². The Morgan fingerprint density at radius 2 is 1.88 bits per heavy atom. The molecule has 2 aromatic carbocycles. The van der Waals surface area contributed by atoms with Crippen LogP contribution in [0, 0.1) is 0 Å². The van der Waals surface area contributed by atoms with Gasteiger partial charge in [-0.15, -0.1) is 5.10 Å². The van der Waals surface area contributed by atoms with E-state index in [9.17, 15) is 9.59 Å². The number of benzene rings is 2. The first-order valence-electron chi connectivity index (χ1n) is 7.40. The molecule has 0 saturated heterocycles. The Labute approximate surface area is 143 Å². The molecule has 0 aliphatic rings. The van der Waals surface area contributed by atoms with Crippen LogP contribution in [0.15, 0.2) is 53.3 Å². The van der Waals surface area contributed by atoms with Crippen LogP contribution in [0.1, 0.15) is 10.6 Å². The molecular weight excluding hydrogens is 324 g/mol. The van der Waals surface area contributed by atoms with Crippen molar-refractivity contribution in [1.82, 2.24) is 14.8 Å². The first-order chi connectivity index (χ1) is 12.1. The SMILES string of the molecule is COc1ccc(NC(=O)c2nn(-c3ccccc3)c(=O)[nH]2)c(OC)c1. The minimum Gasteiger partial charge on any atom is -0.497 e. The number of amides is 1. The summed E-state index contributed by atoms with van der Waals surface area (Å²) in [5, 5.41) is 6.69. The van der Waals surface area contributed by atoms with Gasteiger partial charge in [-0.05, 0) is 24.3 Å². The summed E-state index contributed by atoms with van der Waals surface area (Å²) in [6.45, 7) is 0. The average molecular weight is 340 g/mol. The first-order valence-corrected chi connectivity index (χ1v) is 7.40. The van der Waals surface area contributed by atoms with Gasteiger partial charge in [-0.3, -0.25) is 9.78 Å². The lowest BCUT2D eigenvalue weighted by Gasteiger charge is -2.10. The standard InChI is InChI=1S/C17H16N4O4/c1-24-12-8-9-13(14(10-12)25-2)18-16(22)15-19-17(23)21(20-15)11-6-4-3-5-7-11/h3-10H,1-2H3,(H,18,22)(H,19,20,23). The molecule has 0 aliphatic carbocycles. The lowest BCUT2D eigenvalue weighted by Crippen LogP contribution is -2.16. The molecule has 0 saturated carbocycles. The second-order valence-corrected chi connectivity index (χ2v) is 5.05. The number of aromatic nitrogens is 3. The predicted octanol–water partition coefficient (Wildman–Crippen LogP) is 1.83. The molecule has 8 heteroatoms. The van der Waals surface area contributed by atoms with Crippen molar-refractivity contribution in [3.05, 3.63) is 64.8 Å². The van der Waals surface area contributed by atoms with Crippen LogP contribution in [0.4, 0.5) is 5.69 Å². The van der Waals surface area contributed by atoms with E-state index >= 15 is 0 Å². The van der Waals surface area contributed by atoms with Crippen molar-refractivity contribution in [2.45, 2.75) is 0 Å². The van der Waals surface area contributed by atoms with Crippen molar-refractivity contribution in [1.29, 1.82) is 0 Å². The molecule has 1 heterocycles. The molecule has 1 aromatic heterocycles. The lowest BCUT2D eigenvalue weighted by molar-refractivity contribution is 0.101. The van der Waals surface area contributed by atoms with Gasteiger partial charge >= 0.3 is 5.69 Å². The molecule has 3 aromatic rings. The molecule has 0 aliphatic heterocycles. The number of methoxy groups -OCH3 is 2. The molecule has 0 fully saturated rings. The summed E-state index contributed by atoms with van der Waals surface area (Å²) in [5.74, 6) is 0.358. The third-order valence-corrected chi connectivity index (χ3v) is 3.49. The Kier molecular flexibility index (Phi) is 4.51. The first kappa shape index (κ1) is 16.3. The maximum Gasteiger partial charge on any atom is 0.348 e. The summed E-state index contributed by atoms with van der Waals surface area (Å²) >= 11 is 0. The highest BCUT2D eigenvalue weighted by molar-refractivity contribution is 6.02. The fourth-order valence-corrected chi connectivity index (χ4v) is 2.25. The van der Waals surface area contributed by atoms with E-state index in [1.54, 1.807) is 42.5 Å². The van der Waals surface area contributed by atoms with Crippen LogP contribution in [0.3, 0.4) is 0 Å². The second-order valence-electron chi connectivity index (χ2n) is 5.05. The molecule has 0 spiro atoms. The van der Waals surface area contributed by atoms with Crippen molar-refractivity contribution in [2.24, 2.45) is 0 Å². The third kappa shape index (κ3) is 3.37. The van der Waals surface area contributed by atoms with Crippen LogP contribution in [-0.4, -0.2) is 34.9 Å². The van der Waals surface area contributed by atoms with Gasteiger partial charge in [-0.1, -0.05) is 18.2 Å². The van der Waals surface area contributed by atoms with Crippen molar-refractivity contribution < 1.29 is 14.3 Å². The number of ether oxygens (including phenoxy) is 2. The van der Waals surface area contributed by atoms with Crippen molar-refractivity contribution in [2.75, 3.05) is 19.5 Å². The maximum absolute atomic E-state index is 12.4. The van der Waals surface area contributed by atoms with Gasteiger partial charge in [0.25, 0.3) is 5.91 Å². The molecule has 1 amide bonds. The molecule has 25 heavy (non-hydrogen) atoms. The molecule has 3 rings (SSSR count). The number of carbonyl (C=O) groups excluding carboxylic acids is 1. The van der Waals surface area contributed by atoms with Crippen LogP contribution >= 0.6 is 0 Å². The van der Waals surface area contributed by atoms with Gasteiger partial charge in [0.1, 0.15) is 11.5 Å². The molecular formula is C17H16N4O4. The zero-order valence-electron chi connectivity index (χ0n) is 13.6. The monoisotopic (exact) mass is 340 g/mol. The van der Waals surface area contributed by atoms with Gasteiger partial charge in [-0.25, -0.2) is 4.79 Å². The van der Waals surface area contributed by atoms with E-state index in [-0.39, 0.29) is 5.82 Å². The van der Waals surface area contributed by atoms with E-state index in [4.69, 9.17) is 9.47 Å². The predicted molar refractivity (Wildman–Crippen MR) is 91.7 cm³/mol. The number of hydrogen-bond donors (Lipinski definition) is 2. The van der Waals surface area contributed by atoms with Gasteiger partial charge < -0.3 is 14.8 Å². The molecule has 8 nitrogen and oxygen atoms in total. The number of nitrogens with zero attached hydrogens (tertiary/aromatic N) is 2. The summed E-state index contributed by atoms with van der Waals surface area (Å²) in [5.41, 5.74) is 0.492. The van der Waals surface area contributed by atoms with Gasteiger partial charge in [-0.2, -0.15) is 4.68 Å². The topological polar surface area (TPSA) is 98.2 Å². The van der Waals surface area contributed by atoms with Crippen LogP contribution in [0.2, 0.25) is 0 Å². The number of anilines is 1. The van der Waals surface area contributed by atoms with Crippen molar-refractivity contribution in [3.8, 4) is 17.2 Å². The van der Waals surface area contributed by atoms with Crippen molar-refractivity contribution in [3.63, 3.8) is 0 Å². The Morgan fingerprint density at radius 3 is 2.56 bits per heavy atom. The summed E-state index contributed by atoms with van der Waals surface area (Å²) in [6, 6.07) is 13.8. The molecule has 0 atom stereocenters. The molecule has 0 radical (unpaired) electrons. The maximum atomic E-state index is 12.4. The fraction of sp³-hybridized carbons (Fsp3) is 0.118. The highest BCUT2D eigenvalue weighted by atomic mass is 16.5. The van der Waals surface area contributed by atoms with Crippen LogP contribution in [0.5, 0.6) is 11.5 Å². The van der Waals surface area contributed by atoms with Crippen molar-refractivity contribution >= 4 is 11.6 Å². The van der Waals surface area contributed by atoms with E-state index < -0.39 is 11.6 Å². The van der Waals surface area contributed by atoms with Crippen LogP contribution in [-0.2, 0) is 0 Å². The minimum absolute atomic E-state index is 0.105. The molecule has 0 bridgehead atoms. The van der Waals surface area contributed by atoms with Gasteiger partial charge in [0.15, 0.2) is 0 Å². The zero-order valence-corrected chi connectivity index (χ0v) is 13.6. The number of carbonyl (C=O) groups is 1. The average Bonchev–Trinajstić information content (AvgIpc) is 3.04. The summed E-state index contributed by atoms with van der Waals surface area (Å²) in [7, 11) is 3.02. The van der Waals surface area contributed by atoms with Gasteiger partial charge in [0.2, 0.25) is 5.82 Å². The Hall–Kier alpha value is -3.55. The number of para-hydroxylation sites is 1. The number of aromatic amines is 1. The van der Waals surface area contributed by atoms with Gasteiger partial charge in [0, 0.05) is 6.07 Å². The lowest BCUT2D eigenvalue weighted by atomic mass is 10.2. The summed E-state index contributed by atoms with van der Waals surface area (Å²) in [4.78, 5) is 26.9. The number of H-pyrrole nitrogens is 1. The highest BCUT2D eigenvalue weighted by Crippen LogP contribution is 2.29. The Morgan fingerprint density at radius 1 is 1.12 bits per heavy atom. The smallest absolute Gasteiger partial charge is 0.348 e. The van der Waals surface area contributed by atoms with Gasteiger partial charge in [0.05, 0.1) is 25.6 Å².